The fourth-order valence-electron chi connectivity index (χ4n) is 1.43. The first-order valence-corrected chi connectivity index (χ1v) is 3.54. The van der Waals surface area contributed by atoms with Crippen LogP contribution in [0.25, 0.3) is 0 Å². The molecule has 0 unspecified atom stereocenters. The van der Waals surface area contributed by atoms with Crippen LogP contribution >= 0.6 is 0 Å². The van der Waals surface area contributed by atoms with Gasteiger partial charge in [-0.2, -0.15) is 18.1 Å². The standard InChI is InChI=1S/C9H10N.CH3.Y/c10-9-5-7-3-1-2-4-8(7)6-9;;/h1-5,9H,6,10H2;1H3;/q2*-1;/t9-;;/m0../s1. The van der Waals surface area contributed by atoms with Crippen molar-refractivity contribution in [1.82, 2.24) is 0 Å². The molecule has 63 valence electrons. The van der Waals surface area contributed by atoms with Crippen molar-refractivity contribution in [2.24, 2.45) is 5.73 Å². The van der Waals surface area contributed by atoms with Crippen molar-refractivity contribution in [2.75, 3.05) is 0 Å². The maximum Gasteiger partial charge on any atom is 0 e. The van der Waals surface area contributed by atoms with Crippen LogP contribution in [0.15, 0.2) is 24.3 Å². The van der Waals surface area contributed by atoms with Crippen LogP contribution in [0.2, 0.25) is 0 Å². The van der Waals surface area contributed by atoms with E-state index in [-0.39, 0.29) is 46.2 Å². The summed E-state index contributed by atoms with van der Waals surface area (Å²) in [5, 5.41) is 0. The van der Waals surface area contributed by atoms with Gasteiger partial charge in [-0.15, -0.1) is 17.7 Å². The SMILES string of the molecule is N[C@H]1[CH-]c2ccccc2C1.[CH3-].[Y]. The van der Waals surface area contributed by atoms with Crippen LogP contribution in [0, 0.1) is 13.8 Å². The summed E-state index contributed by atoms with van der Waals surface area (Å²) in [6.07, 6.45) is 3.13. The molecule has 1 aliphatic rings. The molecule has 0 heterocycles. The second-order valence-electron chi connectivity index (χ2n) is 2.73. The minimum Gasteiger partial charge on any atom is -0.358 e. The second-order valence-corrected chi connectivity index (χ2v) is 2.73. The fourth-order valence-corrected chi connectivity index (χ4v) is 1.43. The number of benzene rings is 1. The molecule has 0 aromatic heterocycles. The van der Waals surface area contributed by atoms with Gasteiger partial charge >= 0.3 is 0 Å². The van der Waals surface area contributed by atoms with E-state index in [9.17, 15) is 0 Å². The molecule has 0 spiro atoms. The van der Waals surface area contributed by atoms with Crippen molar-refractivity contribution in [3.8, 4) is 0 Å². The summed E-state index contributed by atoms with van der Waals surface area (Å²) in [6.45, 7) is 0. The van der Waals surface area contributed by atoms with Crippen LogP contribution < -0.4 is 5.73 Å². The van der Waals surface area contributed by atoms with E-state index < -0.39 is 0 Å². The number of hydrogen-bond donors (Lipinski definition) is 1. The van der Waals surface area contributed by atoms with Gasteiger partial charge in [-0.1, -0.05) is 12.5 Å². The monoisotopic (exact) mass is 236 g/mol. The Morgan fingerprint density at radius 1 is 1.33 bits per heavy atom. The van der Waals surface area contributed by atoms with Gasteiger partial charge in [0.2, 0.25) is 0 Å². The molecule has 2 heteroatoms. The van der Waals surface area contributed by atoms with Crippen LogP contribution in [0.1, 0.15) is 11.1 Å². The summed E-state index contributed by atoms with van der Waals surface area (Å²) in [5.74, 6) is 0. The Labute approximate surface area is 99.6 Å². The average molecular weight is 236 g/mol. The minimum absolute atomic E-state index is 0. The summed E-state index contributed by atoms with van der Waals surface area (Å²) >= 11 is 0. The molecule has 0 aliphatic heterocycles. The fraction of sp³-hybridized carbons (Fsp3) is 0.200. The Hall–Kier alpha value is 0.154. The number of nitrogens with two attached hydrogens (primary N) is 1. The van der Waals surface area contributed by atoms with Crippen molar-refractivity contribution in [3.63, 3.8) is 0 Å². The summed E-state index contributed by atoms with van der Waals surface area (Å²) in [7, 11) is 0. The molecule has 1 nitrogen and oxygen atoms in total. The molecule has 1 aliphatic carbocycles. The molecule has 2 N–H and O–H groups in total. The van der Waals surface area contributed by atoms with E-state index in [4.69, 9.17) is 5.73 Å². The molecule has 0 saturated carbocycles. The van der Waals surface area contributed by atoms with Crippen molar-refractivity contribution in [1.29, 1.82) is 0 Å². The minimum atomic E-state index is 0. The zero-order chi connectivity index (χ0) is 6.97. The Kier molecular flexibility index (Phi) is 5.07. The molecule has 1 aromatic carbocycles. The number of hydrogen-bond acceptors (Lipinski definition) is 1. The van der Waals surface area contributed by atoms with E-state index in [1.54, 1.807) is 0 Å². The molecular formula is C10H13NY-2. The van der Waals surface area contributed by atoms with Crippen LogP contribution in [-0.2, 0) is 39.1 Å². The summed E-state index contributed by atoms with van der Waals surface area (Å²) in [5.41, 5.74) is 8.43. The molecule has 0 amide bonds. The van der Waals surface area contributed by atoms with Crippen molar-refractivity contribution in [2.45, 2.75) is 12.5 Å². The van der Waals surface area contributed by atoms with E-state index in [2.05, 4.69) is 24.6 Å². The van der Waals surface area contributed by atoms with E-state index in [1.807, 2.05) is 6.07 Å². The molecule has 0 saturated heterocycles. The molecule has 1 radical (unpaired) electrons. The smallest absolute Gasteiger partial charge is 0 e. The first-order valence-electron chi connectivity index (χ1n) is 3.54. The van der Waals surface area contributed by atoms with E-state index >= 15 is 0 Å². The zero-order valence-electron chi connectivity index (χ0n) is 7.33. The Morgan fingerprint density at radius 3 is 2.67 bits per heavy atom. The molecule has 0 fully saturated rings. The van der Waals surface area contributed by atoms with Crippen LogP contribution in [0.4, 0.5) is 0 Å². The Morgan fingerprint density at radius 2 is 2.00 bits per heavy atom. The van der Waals surface area contributed by atoms with Gasteiger partial charge < -0.3 is 13.2 Å². The Balaban J connectivity index is 0.000000605. The number of fused-ring (bicyclic) bond motifs is 1. The first-order chi connectivity index (χ1) is 4.86. The third-order valence-corrected chi connectivity index (χ3v) is 1.90. The largest absolute Gasteiger partial charge is 0.358 e. The molecule has 1 aromatic rings. The molecular weight excluding hydrogens is 223 g/mol. The third kappa shape index (κ3) is 2.32. The van der Waals surface area contributed by atoms with Gasteiger partial charge in [0.15, 0.2) is 0 Å². The van der Waals surface area contributed by atoms with Crippen molar-refractivity contribution < 1.29 is 32.7 Å². The van der Waals surface area contributed by atoms with E-state index in [1.165, 1.54) is 11.1 Å². The predicted octanol–water partition coefficient (Wildman–Crippen LogP) is 1.57. The molecule has 1 atom stereocenters. The van der Waals surface area contributed by atoms with Crippen LogP contribution in [0.3, 0.4) is 0 Å². The van der Waals surface area contributed by atoms with Gasteiger partial charge in [-0.05, 0) is 6.04 Å². The molecule has 0 bridgehead atoms. The van der Waals surface area contributed by atoms with Gasteiger partial charge in [-0.3, -0.25) is 0 Å². The normalized spacial score (nSPS) is 18.2. The average Bonchev–Trinajstić information content (AvgIpc) is 2.27. The van der Waals surface area contributed by atoms with Crippen molar-refractivity contribution >= 4 is 0 Å². The molecule has 2 rings (SSSR count). The summed E-state index contributed by atoms with van der Waals surface area (Å²) < 4.78 is 0. The zero-order valence-corrected chi connectivity index (χ0v) is 10.2. The topological polar surface area (TPSA) is 26.0 Å². The maximum atomic E-state index is 5.73. The van der Waals surface area contributed by atoms with Gasteiger partial charge in [-0.25, -0.2) is 0 Å². The Bertz CT molecular complexity index is 222. The summed E-state index contributed by atoms with van der Waals surface area (Å²) in [6, 6.07) is 8.61. The van der Waals surface area contributed by atoms with Gasteiger partial charge in [0.1, 0.15) is 0 Å². The number of rotatable bonds is 0. The predicted molar refractivity (Wildman–Crippen MR) is 47.9 cm³/mol. The van der Waals surface area contributed by atoms with Crippen LogP contribution in [0.5, 0.6) is 0 Å². The van der Waals surface area contributed by atoms with Crippen LogP contribution in [-0.4, -0.2) is 6.04 Å². The van der Waals surface area contributed by atoms with E-state index in [0.717, 1.165) is 6.42 Å². The van der Waals surface area contributed by atoms with Gasteiger partial charge in [0, 0.05) is 32.7 Å². The first kappa shape index (κ1) is 12.2. The molecule has 12 heavy (non-hydrogen) atoms. The second kappa shape index (κ2) is 5.01. The summed E-state index contributed by atoms with van der Waals surface area (Å²) in [4.78, 5) is 0. The van der Waals surface area contributed by atoms with Gasteiger partial charge in [0.05, 0.1) is 0 Å². The van der Waals surface area contributed by atoms with Gasteiger partial charge in [0.25, 0.3) is 0 Å². The quantitative estimate of drug-likeness (QED) is 0.680. The third-order valence-electron chi connectivity index (χ3n) is 1.90. The van der Waals surface area contributed by atoms with Crippen molar-refractivity contribution in [3.05, 3.63) is 49.2 Å². The maximum absolute atomic E-state index is 5.73. The van der Waals surface area contributed by atoms with E-state index in [0.29, 0.717) is 0 Å².